The Balaban J connectivity index is 1.85. The van der Waals surface area contributed by atoms with Crippen molar-refractivity contribution in [3.63, 3.8) is 0 Å². The molecule has 2 fully saturated rings. The van der Waals surface area contributed by atoms with Crippen molar-refractivity contribution in [1.29, 1.82) is 0 Å². The van der Waals surface area contributed by atoms with Crippen molar-refractivity contribution < 1.29 is 4.79 Å². The number of piperidine rings is 2. The first-order valence-corrected chi connectivity index (χ1v) is 9.33. The maximum Gasteiger partial charge on any atom is 0.222 e. The van der Waals surface area contributed by atoms with E-state index >= 15 is 0 Å². The Morgan fingerprint density at radius 2 is 1.77 bits per heavy atom. The first kappa shape index (κ1) is 17.8. The molecule has 3 nitrogen and oxygen atoms in total. The molecule has 2 aliphatic heterocycles. The molecule has 0 aromatic heterocycles. The van der Waals surface area contributed by atoms with Gasteiger partial charge in [-0.05, 0) is 55.5 Å². The second-order valence-electron chi connectivity index (χ2n) is 8.53. The number of hydrogen-bond donors (Lipinski definition) is 0. The molecule has 0 aliphatic carbocycles. The van der Waals surface area contributed by atoms with Crippen LogP contribution in [0.5, 0.6) is 0 Å². The molecule has 2 saturated heterocycles. The van der Waals surface area contributed by atoms with Crippen LogP contribution >= 0.6 is 0 Å². The summed E-state index contributed by atoms with van der Waals surface area (Å²) in [5.41, 5.74) is 0.248. The van der Waals surface area contributed by atoms with E-state index in [4.69, 9.17) is 0 Å². The van der Waals surface area contributed by atoms with Gasteiger partial charge in [0.1, 0.15) is 0 Å². The highest BCUT2D eigenvalue weighted by atomic mass is 16.2. The normalized spacial score (nSPS) is 27.4. The molecule has 2 rings (SSSR count). The summed E-state index contributed by atoms with van der Waals surface area (Å²) in [7, 11) is 0. The average Bonchev–Trinajstić information content (AvgIpc) is 2.48. The fourth-order valence-corrected chi connectivity index (χ4v) is 4.29. The number of rotatable bonds is 4. The van der Waals surface area contributed by atoms with Crippen molar-refractivity contribution in [2.45, 2.75) is 60.3 Å². The lowest BCUT2D eigenvalue weighted by molar-refractivity contribution is -0.135. The van der Waals surface area contributed by atoms with Crippen LogP contribution in [0.3, 0.4) is 0 Å². The van der Waals surface area contributed by atoms with Crippen molar-refractivity contribution in [2.24, 2.45) is 23.2 Å². The molecule has 0 aromatic rings. The highest BCUT2D eigenvalue weighted by Gasteiger charge is 2.38. The van der Waals surface area contributed by atoms with Crippen LogP contribution < -0.4 is 0 Å². The lowest BCUT2D eigenvalue weighted by Gasteiger charge is -2.47. The van der Waals surface area contributed by atoms with Crippen LogP contribution in [0, 0.1) is 23.2 Å². The number of carbonyl (C=O) groups excluding carboxylic acids is 1. The van der Waals surface area contributed by atoms with Gasteiger partial charge < -0.3 is 9.80 Å². The topological polar surface area (TPSA) is 23.6 Å². The molecule has 1 atom stereocenters. The Kier molecular flexibility index (Phi) is 5.93. The Hall–Kier alpha value is -0.570. The van der Waals surface area contributed by atoms with Gasteiger partial charge in [0.05, 0.1) is 0 Å². The van der Waals surface area contributed by atoms with Crippen molar-refractivity contribution in [3.8, 4) is 0 Å². The Morgan fingerprint density at radius 3 is 2.27 bits per heavy atom. The Morgan fingerprint density at radius 1 is 1.14 bits per heavy atom. The van der Waals surface area contributed by atoms with Gasteiger partial charge in [0.15, 0.2) is 0 Å². The molecular formula is C19H36N2O. The molecular weight excluding hydrogens is 272 g/mol. The first-order valence-electron chi connectivity index (χ1n) is 9.33. The third-order valence-electron chi connectivity index (χ3n) is 6.16. The molecule has 1 unspecified atom stereocenters. The van der Waals surface area contributed by atoms with Gasteiger partial charge in [-0.3, -0.25) is 4.79 Å². The summed E-state index contributed by atoms with van der Waals surface area (Å²) in [6, 6.07) is 0. The van der Waals surface area contributed by atoms with Gasteiger partial charge in [-0.2, -0.15) is 0 Å². The number of likely N-dealkylation sites (tertiary alicyclic amines) is 2. The third kappa shape index (κ3) is 4.24. The van der Waals surface area contributed by atoms with Gasteiger partial charge in [0.25, 0.3) is 0 Å². The zero-order chi connectivity index (χ0) is 16.3. The molecule has 2 heterocycles. The minimum Gasteiger partial charge on any atom is -0.342 e. The molecule has 0 saturated carbocycles. The predicted molar refractivity (Wildman–Crippen MR) is 92.8 cm³/mol. The van der Waals surface area contributed by atoms with Gasteiger partial charge >= 0.3 is 0 Å². The average molecular weight is 309 g/mol. The fourth-order valence-electron chi connectivity index (χ4n) is 4.29. The molecule has 22 heavy (non-hydrogen) atoms. The Bertz CT molecular complexity index is 370. The number of nitrogens with zero attached hydrogens (tertiary/aromatic N) is 2. The van der Waals surface area contributed by atoms with Gasteiger partial charge in [-0.1, -0.05) is 34.6 Å². The minimum absolute atomic E-state index is 0.248. The van der Waals surface area contributed by atoms with Gasteiger partial charge in [-0.25, -0.2) is 0 Å². The lowest BCUT2D eigenvalue weighted by Crippen LogP contribution is -2.51. The number of amides is 1. The molecule has 128 valence electrons. The second-order valence-corrected chi connectivity index (χ2v) is 8.53. The maximum absolute atomic E-state index is 12.0. The largest absolute Gasteiger partial charge is 0.342 e. The third-order valence-corrected chi connectivity index (χ3v) is 6.16. The van der Waals surface area contributed by atoms with Crippen LogP contribution in [0.1, 0.15) is 60.3 Å². The van der Waals surface area contributed by atoms with Gasteiger partial charge in [0, 0.05) is 26.1 Å². The zero-order valence-corrected chi connectivity index (χ0v) is 15.4. The lowest BCUT2D eigenvalue weighted by atomic mass is 9.73. The summed E-state index contributed by atoms with van der Waals surface area (Å²) >= 11 is 0. The first-order chi connectivity index (χ1) is 10.3. The molecule has 0 N–H and O–H groups in total. The summed E-state index contributed by atoms with van der Waals surface area (Å²) in [5.74, 6) is 2.81. The summed E-state index contributed by atoms with van der Waals surface area (Å²) in [4.78, 5) is 16.7. The zero-order valence-electron chi connectivity index (χ0n) is 15.4. The second kappa shape index (κ2) is 7.33. The van der Waals surface area contributed by atoms with E-state index in [-0.39, 0.29) is 5.41 Å². The van der Waals surface area contributed by atoms with Crippen LogP contribution in [0.25, 0.3) is 0 Å². The van der Waals surface area contributed by atoms with Crippen LogP contribution in [0.4, 0.5) is 0 Å². The van der Waals surface area contributed by atoms with Gasteiger partial charge in [0.2, 0.25) is 5.91 Å². The van der Waals surface area contributed by atoms with Gasteiger partial charge in [-0.15, -0.1) is 0 Å². The SMILES string of the molecule is CCC(=O)N1CCC(CN2CCC(C(C)C)CC2)C(C)(C)C1. The highest BCUT2D eigenvalue weighted by Crippen LogP contribution is 2.36. The van der Waals surface area contributed by atoms with E-state index in [1.54, 1.807) is 0 Å². The highest BCUT2D eigenvalue weighted by molar-refractivity contribution is 5.75. The quantitative estimate of drug-likeness (QED) is 0.791. The van der Waals surface area contributed by atoms with Crippen LogP contribution in [0.15, 0.2) is 0 Å². The predicted octanol–water partition coefficient (Wildman–Crippen LogP) is 3.64. The van der Waals surface area contributed by atoms with E-state index in [2.05, 4.69) is 37.5 Å². The Labute approximate surface area is 137 Å². The summed E-state index contributed by atoms with van der Waals surface area (Å²) in [5, 5.41) is 0. The van der Waals surface area contributed by atoms with E-state index in [1.807, 2.05) is 6.92 Å². The summed E-state index contributed by atoms with van der Waals surface area (Å²) in [6.45, 7) is 17.1. The molecule has 0 aromatic carbocycles. The van der Waals surface area contributed by atoms with E-state index in [0.29, 0.717) is 12.3 Å². The van der Waals surface area contributed by atoms with Crippen LogP contribution in [-0.4, -0.2) is 48.4 Å². The minimum atomic E-state index is 0.248. The molecule has 1 amide bonds. The fraction of sp³-hybridized carbons (Fsp3) is 0.947. The van der Waals surface area contributed by atoms with Crippen molar-refractivity contribution >= 4 is 5.91 Å². The standard InChI is InChI=1S/C19H36N2O/c1-6-18(22)21-12-9-17(19(4,5)14-21)13-20-10-7-16(8-11-20)15(2)3/h15-17H,6-14H2,1-5H3. The van der Waals surface area contributed by atoms with Crippen LogP contribution in [-0.2, 0) is 4.79 Å². The van der Waals surface area contributed by atoms with E-state index in [0.717, 1.165) is 30.8 Å². The smallest absolute Gasteiger partial charge is 0.222 e. The number of carbonyl (C=O) groups is 1. The maximum atomic E-state index is 12.0. The van der Waals surface area contributed by atoms with Crippen molar-refractivity contribution in [1.82, 2.24) is 9.80 Å². The molecule has 0 spiro atoms. The van der Waals surface area contributed by atoms with E-state index < -0.39 is 0 Å². The molecule has 0 radical (unpaired) electrons. The van der Waals surface area contributed by atoms with Crippen LogP contribution in [0.2, 0.25) is 0 Å². The summed E-state index contributed by atoms with van der Waals surface area (Å²) in [6.07, 6.45) is 4.54. The molecule has 2 aliphatic rings. The number of hydrogen-bond acceptors (Lipinski definition) is 2. The van der Waals surface area contributed by atoms with Crippen molar-refractivity contribution in [3.05, 3.63) is 0 Å². The van der Waals surface area contributed by atoms with Crippen molar-refractivity contribution in [2.75, 3.05) is 32.7 Å². The van der Waals surface area contributed by atoms with E-state index in [9.17, 15) is 4.79 Å². The molecule has 0 bridgehead atoms. The summed E-state index contributed by atoms with van der Waals surface area (Å²) < 4.78 is 0. The van der Waals surface area contributed by atoms with E-state index in [1.165, 1.54) is 38.9 Å². The molecule has 3 heteroatoms. The monoisotopic (exact) mass is 308 g/mol.